The second kappa shape index (κ2) is 8.71. The molecule has 8 heteroatoms. The summed E-state index contributed by atoms with van der Waals surface area (Å²) >= 11 is 12.3. The van der Waals surface area contributed by atoms with Gasteiger partial charge >= 0.3 is 0 Å². The Morgan fingerprint density at radius 2 is 1.89 bits per heavy atom. The van der Waals surface area contributed by atoms with Gasteiger partial charge in [0.15, 0.2) is 5.82 Å². The molecular weight excluding hydrogens is 397 g/mol. The molecule has 3 heterocycles. The third-order valence-electron chi connectivity index (χ3n) is 4.61. The zero-order valence-electron chi connectivity index (χ0n) is 15.9. The van der Waals surface area contributed by atoms with Crippen LogP contribution in [0, 0.1) is 0 Å². The number of carbonyl (C=O) groups is 1. The van der Waals surface area contributed by atoms with Crippen molar-refractivity contribution in [3.05, 3.63) is 63.5 Å². The van der Waals surface area contributed by atoms with Crippen molar-refractivity contribution in [2.24, 2.45) is 0 Å². The summed E-state index contributed by atoms with van der Waals surface area (Å²) < 4.78 is 0. The van der Waals surface area contributed by atoms with Gasteiger partial charge in [-0.05, 0) is 31.5 Å². The second-order valence-corrected chi connectivity index (χ2v) is 6.85. The quantitative estimate of drug-likeness (QED) is 0.639. The minimum atomic E-state index is -0.175. The number of nitrogens with zero attached hydrogens (tertiary/aromatic N) is 4. The van der Waals surface area contributed by atoms with Gasteiger partial charge in [-0.3, -0.25) is 9.89 Å². The molecule has 28 heavy (non-hydrogen) atoms. The zero-order chi connectivity index (χ0) is 20.3. The monoisotopic (exact) mass is 417 g/mol. The van der Waals surface area contributed by atoms with Gasteiger partial charge in [0.2, 0.25) is 0 Å². The maximum absolute atomic E-state index is 13.0. The Hall–Kier alpha value is -2.44. The number of aromatic amines is 1. The molecule has 1 aliphatic heterocycles. The van der Waals surface area contributed by atoms with E-state index < -0.39 is 0 Å². The van der Waals surface area contributed by atoms with E-state index in [1.807, 2.05) is 20.8 Å². The lowest BCUT2D eigenvalue weighted by Crippen LogP contribution is -2.39. The number of fused-ring (bicyclic) bond motifs is 1. The van der Waals surface area contributed by atoms with Crippen molar-refractivity contribution in [1.82, 2.24) is 25.1 Å². The summed E-state index contributed by atoms with van der Waals surface area (Å²) in [7, 11) is 0. The summed E-state index contributed by atoms with van der Waals surface area (Å²) in [6.07, 6.45) is 4.03. The van der Waals surface area contributed by atoms with Gasteiger partial charge in [0, 0.05) is 24.5 Å². The predicted octanol–water partition coefficient (Wildman–Crippen LogP) is 4.96. The third-order valence-corrected chi connectivity index (χ3v) is 5.43. The van der Waals surface area contributed by atoms with Crippen LogP contribution in [0.2, 0.25) is 10.0 Å². The molecule has 4 rings (SSSR count). The maximum Gasteiger partial charge on any atom is 0.255 e. The van der Waals surface area contributed by atoms with Crippen LogP contribution >= 0.6 is 23.2 Å². The normalized spacial score (nSPS) is 15.5. The van der Waals surface area contributed by atoms with E-state index in [-0.39, 0.29) is 17.0 Å². The fourth-order valence-corrected chi connectivity index (χ4v) is 3.65. The van der Waals surface area contributed by atoms with Gasteiger partial charge in [-0.25, -0.2) is 9.97 Å². The summed E-state index contributed by atoms with van der Waals surface area (Å²) in [5, 5.41) is 8.08. The fourth-order valence-electron chi connectivity index (χ4n) is 3.27. The van der Waals surface area contributed by atoms with Crippen LogP contribution in [0.4, 0.5) is 0 Å². The molecule has 1 amide bonds. The Bertz CT molecular complexity index is 974. The van der Waals surface area contributed by atoms with E-state index in [9.17, 15) is 4.79 Å². The Balaban J connectivity index is 0.00000109. The molecule has 0 saturated heterocycles. The molecule has 146 valence electrons. The SMILES string of the molecule is CC.CC1c2[nH]nc(-c3ncccn3)c2CCN1C(=O)c1cccc(Cl)c1Cl. The molecule has 2 aromatic heterocycles. The number of aromatic nitrogens is 4. The standard InChI is InChI=1S/C18H15Cl2N5O.C2H6/c1-10-15-12(16(24-23-15)17-21-7-3-8-22-17)6-9-25(10)18(26)11-4-2-5-13(19)14(11)20;1-2/h2-5,7-8,10H,6,9H2,1H3,(H,23,24);1-2H3. The van der Waals surface area contributed by atoms with Crippen molar-refractivity contribution < 1.29 is 4.79 Å². The molecule has 0 fully saturated rings. The molecule has 1 aliphatic rings. The van der Waals surface area contributed by atoms with Crippen molar-refractivity contribution >= 4 is 29.1 Å². The maximum atomic E-state index is 13.0. The first-order chi connectivity index (χ1) is 13.6. The van der Waals surface area contributed by atoms with Gasteiger partial charge in [0.25, 0.3) is 5.91 Å². The molecule has 1 aromatic carbocycles. The van der Waals surface area contributed by atoms with Gasteiger partial charge < -0.3 is 4.90 Å². The first-order valence-electron chi connectivity index (χ1n) is 9.17. The predicted molar refractivity (Wildman–Crippen MR) is 111 cm³/mol. The van der Waals surface area contributed by atoms with Crippen LogP contribution < -0.4 is 0 Å². The summed E-state index contributed by atoms with van der Waals surface area (Å²) in [6, 6.07) is 6.67. The number of nitrogens with one attached hydrogen (secondary N) is 1. The van der Waals surface area contributed by atoms with Crippen molar-refractivity contribution in [1.29, 1.82) is 0 Å². The van der Waals surface area contributed by atoms with Crippen LogP contribution in [0.1, 0.15) is 48.4 Å². The van der Waals surface area contributed by atoms with E-state index in [0.717, 1.165) is 17.0 Å². The van der Waals surface area contributed by atoms with Crippen molar-refractivity contribution in [3.63, 3.8) is 0 Å². The molecule has 1 N–H and O–H groups in total. The van der Waals surface area contributed by atoms with E-state index in [1.165, 1.54) is 0 Å². The highest BCUT2D eigenvalue weighted by molar-refractivity contribution is 6.43. The van der Waals surface area contributed by atoms with Crippen molar-refractivity contribution in [3.8, 4) is 11.5 Å². The molecule has 0 bridgehead atoms. The van der Waals surface area contributed by atoms with Crippen LogP contribution in [-0.2, 0) is 6.42 Å². The molecular formula is C20H21Cl2N5O. The highest BCUT2D eigenvalue weighted by Crippen LogP contribution is 2.35. The van der Waals surface area contributed by atoms with E-state index in [4.69, 9.17) is 23.2 Å². The number of benzene rings is 1. The average molecular weight is 418 g/mol. The number of halogens is 2. The minimum Gasteiger partial charge on any atom is -0.330 e. The summed E-state index contributed by atoms with van der Waals surface area (Å²) in [6.45, 7) is 6.51. The van der Waals surface area contributed by atoms with E-state index >= 15 is 0 Å². The Morgan fingerprint density at radius 1 is 1.18 bits per heavy atom. The van der Waals surface area contributed by atoms with E-state index in [1.54, 1.807) is 41.6 Å². The lowest BCUT2D eigenvalue weighted by atomic mass is 9.97. The highest BCUT2D eigenvalue weighted by Gasteiger charge is 2.33. The summed E-state index contributed by atoms with van der Waals surface area (Å²) in [5.74, 6) is 0.428. The topological polar surface area (TPSA) is 74.8 Å². The van der Waals surface area contributed by atoms with Crippen LogP contribution in [0.25, 0.3) is 11.5 Å². The number of rotatable bonds is 2. The van der Waals surface area contributed by atoms with Crippen LogP contribution in [0.5, 0.6) is 0 Å². The molecule has 0 spiro atoms. The number of carbonyl (C=O) groups excluding carboxylic acids is 1. The Labute approximate surface area is 173 Å². The Morgan fingerprint density at radius 3 is 2.61 bits per heavy atom. The molecule has 3 aromatic rings. The smallest absolute Gasteiger partial charge is 0.255 e. The van der Waals surface area contributed by atoms with Gasteiger partial charge in [0.1, 0.15) is 5.69 Å². The van der Waals surface area contributed by atoms with E-state index in [2.05, 4.69) is 20.2 Å². The van der Waals surface area contributed by atoms with Crippen molar-refractivity contribution in [2.45, 2.75) is 33.2 Å². The molecule has 0 radical (unpaired) electrons. The van der Waals surface area contributed by atoms with Gasteiger partial charge in [-0.1, -0.05) is 43.1 Å². The number of amides is 1. The third kappa shape index (κ3) is 3.62. The fraction of sp³-hybridized carbons (Fsp3) is 0.300. The van der Waals surface area contributed by atoms with Crippen LogP contribution in [0.3, 0.4) is 0 Å². The van der Waals surface area contributed by atoms with Crippen LogP contribution in [0.15, 0.2) is 36.7 Å². The largest absolute Gasteiger partial charge is 0.330 e. The zero-order valence-corrected chi connectivity index (χ0v) is 17.4. The Kier molecular flexibility index (Phi) is 6.31. The highest BCUT2D eigenvalue weighted by atomic mass is 35.5. The lowest BCUT2D eigenvalue weighted by molar-refractivity contribution is 0.0674. The minimum absolute atomic E-state index is 0.150. The molecule has 0 saturated carbocycles. The first-order valence-corrected chi connectivity index (χ1v) is 9.93. The number of hydrogen-bond donors (Lipinski definition) is 1. The number of hydrogen-bond acceptors (Lipinski definition) is 4. The van der Waals surface area contributed by atoms with Crippen LogP contribution in [-0.4, -0.2) is 37.5 Å². The van der Waals surface area contributed by atoms with Gasteiger partial charge in [-0.2, -0.15) is 5.10 Å². The summed E-state index contributed by atoms with van der Waals surface area (Å²) in [4.78, 5) is 23.3. The molecule has 1 atom stereocenters. The van der Waals surface area contributed by atoms with E-state index in [0.29, 0.717) is 29.4 Å². The molecule has 0 aliphatic carbocycles. The summed E-state index contributed by atoms with van der Waals surface area (Å²) in [5.41, 5.74) is 3.08. The lowest BCUT2D eigenvalue weighted by Gasteiger charge is -2.33. The van der Waals surface area contributed by atoms with Crippen molar-refractivity contribution in [2.75, 3.05) is 6.54 Å². The second-order valence-electron chi connectivity index (χ2n) is 6.06. The van der Waals surface area contributed by atoms with Gasteiger partial charge in [-0.15, -0.1) is 0 Å². The molecule has 1 unspecified atom stereocenters. The van der Waals surface area contributed by atoms with Gasteiger partial charge in [0.05, 0.1) is 27.3 Å². The molecule has 6 nitrogen and oxygen atoms in total. The number of H-pyrrole nitrogens is 1. The first kappa shape index (κ1) is 20.3. The average Bonchev–Trinajstić information content (AvgIpc) is 3.17.